The Balaban J connectivity index is 1.78. The van der Waals surface area contributed by atoms with E-state index < -0.39 is 0 Å². The number of fused-ring (bicyclic) bond motifs is 1. The molecule has 1 saturated heterocycles. The van der Waals surface area contributed by atoms with Crippen LogP contribution in [0, 0.1) is 6.92 Å². The topological polar surface area (TPSA) is 54.1 Å². The highest BCUT2D eigenvalue weighted by atomic mass is 79.9. The summed E-state index contributed by atoms with van der Waals surface area (Å²) in [5.41, 5.74) is 2.59. The maximum Gasteiger partial charge on any atom is 0.268 e. The molecule has 1 amide bonds. The van der Waals surface area contributed by atoms with Crippen molar-refractivity contribution in [3.63, 3.8) is 0 Å². The number of rotatable bonds is 3. The molecule has 1 aliphatic rings. The molecule has 1 aromatic heterocycles. The Kier molecular flexibility index (Phi) is 3.81. The number of carbonyl (C=O) groups is 1. The van der Waals surface area contributed by atoms with E-state index >= 15 is 0 Å². The fourth-order valence-electron chi connectivity index (χ4n) is 2.63. The molecule has 1 aliphatic heterocycles. The van der Waals surface area contributed by atoms with E-state index in [1.807, 2.05) is 25.1 Å². The molecule has 0 aliphatic carbocycles. The molecule has 2 heterocycles. The average Bonchev–Trinajstić information content (AvgIpc) is 3.05. The van der Waals surface area contributed by atoms with E-state index in [1.54, 1.807) is 0 Å². The quantitative estimate of drug-likeness (QED) is 0.904. The molecule has 2 aromatic rings. The summed E-state index contributed by atoms with van der Waals surface area (Å²) in [6, 6.07) is 5.97. The first-order chi connectivity index (χ1) is 9.65. The van der Waals surface area contributed by atoms with Crippen LogP contribution in [0.25, 0.3) is 10.9 Å². The Morgan fingerprint density at radius 1 is 1.55 bits per heavy atom. The van der Waals surface area contributed by atoms with Gasteiger partial charge in [-0.1, -0.05) is 15.9 Å². The predicted octanol–water partition coefficient (Wildman–Crippen LogP) is 3.15. The van der Waals surface area contributed by atoms with Gasteiger partial charge in [-0.05, 0) is 43.5 Å². The second-order valence-electron chi connectivity index (χ2n) is 5.16. The lowest BCUT2D eigenvalue weighted by atomic mass is 10.1. The third kappa shape index (κ3) is 2.60. The second kappa shape index (κ2) is 5.58. The summed E-state index contributed by atoms with van der Waals surface area (Å²) in [7, 11) is 0. The Bertz CT molecular complexity index is 645. The summed E-state index contributed by atoms with van der Waals surface area (Å²) in [5, 5.41) is 4.02. The first kappa shape index (κ1) is 13.6. The van der Waals surface area contributed by atoms with Crippen LogP contribution in [0.1, 0.15) is 28.9 Å². The predicted molar refractivity (Wildman–Crippen MR) is 82.0 cm³/mol. The fourth-order valence-corrected chi connectivity index (χ4v) is 2.99. The molecule has 0 bridgehead atoms. The monoisotopic (exact) mass is 336 g/mol. The molecule has 1 aromatic carbocycles. The molecule has 2 N–H and O–H groups in total. The maximum absolute atomic E-state index is 12.3. The minimum atomic E-state index is -0.0645. The van der Waals surface area contributed by atoms with Gasteiger partial charge in [0, 0.05) is 28.5 Å². The van der Waals surface area contributed by atoms with E-state index in [2.05, 4.69) is 26.2 Å². The molecule has 1 fully saturated rings. The largest absolute Gasteiger partial charge is 0.376 e. The molecule has 0 saturated carbocycles. The van der Waals surface area contributed by atoms with Crippen molar-refractivity contribution in [2.45, 2.75) is 25.9 Å². The molecule has 3 rings (SSSR count). The van der Waals surface area contributed by atoms with E-state index in [-0.39, 0.29) is 12.0 Å². The van der Waals surface area contributed by atoms with Crippen molar-refractivity contribution in [2.24, 2.45) is 0 Å². The molecule has 0 radical (unpaired) electrons. The number of carbonyl (C=O) groups excluding carboxylic acids is 1. The van der Waals surface area contributed by atoms with E-state index in [4.69, 9.17) is 4.74 Å². The van der Waals surface area contributed by atoms with Crippen molar-refractivity contribution in [3.8, 4) is 0 Å². The number of ether oxygens (including phenoxy) is 1. The molecule has 4 nitrogen and oxygen atoms in total. The van der Waals surface area contributed by atoms with Crippen LogP contribution >= 0.6 is 15.9 Å². The normalized spacial score (nSPS) is 18.6. The number of aryl methyl sites for hydroxylation is 1. The molecule has 0 spiro atoms. The van der Waals surface area contributed by atoms with Crippen molar-refractivity contribution in [1.29, 1.82) is 0 Å². The minimum absolute atomic E-state index is 0.0645. The van der Waals surface area contributed by atoms with Crippen LogP contribution in [0.2, 0.25) is 0 Å². The van der Waals surface area contributed by atoms with Crippen molar-refractivity contribution in [2.75, 3.05) is 13.2 Å². The van der Waals surface area contributed by atoms with Crippen LogP contribution in [0.15, 0.2) is 22.7 Å². The first-order valence-corrected chi connectivity index (χ1v) is 7.62. The molecule has 106 valence electrons. The van der Waals surface area contributed by atoms with Gasteiger partial charge in [-0.15, -0.1) is 0 Å². The zero-order valence-corrected chi connectivity index (χ0v) is 12.9. The highest BCUT2D eigenvalue weighted by Gasteiger charge is 2.19. The highest BCUT2D eigenvalue weighted by Crippen LogP contribution is 2.25. The van der Waals surface area contributed by atoms with Gasteiger partial charge in [-0.2, -0.15) is 0 Å². The van der Waals surface area contributed by atoms with E-state index in [1.165, 1.54) is 0 Å². The number of hydrogen-bond donors (Lipinski definition) is 2. The average molecular weight is 337 g/mol. The van der Waals surface area contributed by atoms with Gasteiger partial charge < -0.3 is 15.0 Å². The van der Waals surface area contributed by atoms with Crippen molar-refractivity contribution >= 4 is 32.7 Å². The molecule has 1 unspecified atom stereocenters. The molecule has 1 atom stereocenters. The zero-order chi connectivity index (χ0) is 14.1. The van der Waals surface area contributed by atoms with Gasteiger partial charge in [0.2, 0.25) is 0 Å². The lowest BCUT2D eigenvalue weighted by molar-refractivity contribution is 0.0854. The number of amides is 1. The van der Waals surface area contributed by atoms with E-state index in [0.29, 0.717) is 12.2 Å². The number of hydrogen-bond acceptors (Lipinski definition) is 2. The van der Waals surface area contributed by atoms with Gasteiger partial charge in [0.1, 0.15) is 5.69 Å². The molecule has 5 heteroatoms. The third-order valence-electron chi connectivity index (χ3n) is 3.76. The number of halogens is 1. The van der Waals surface area contributed by atoms with Crippen LogP contribution in [-0.2, 0) is 4.74 Å². The van der Waals surface area contributed by atoms with Gasteiger partial charge in [0.05, 0.1) is 6.10 Å². The Labute approximate surface area is 126 Å². The minimum Gasteiger partial charge on any atom is -0.376 e. The third-order valence-corrected chi connectivity index (χ3v) is 4.25. The summed E-state index contributed by atoms with van der Waals surface area (Å²) in [6.07, 6.45) is 2.27. The number of aromatic amines is 1. The van der Waals surface area contributed by atoms with Crippen LogP contribution in [0.4, 0.5) is 0 Å². The van der Waals surface area contributed by atoms with Gasteiger partial charge in [-0.25, -0.2) is 0 Å². The molecular formula is C15H17BrN2O2. The standard InChI is InChI=1S/C15H17BrN2O2/c1-9-12-7-10(16)4-5-13(12)18-14(9)15(19)17-8-11-3-2-6-20-11/h4-5,7,11,18H,2-3,6,8H2,1H3,(H,17,19). The summed E-state index contributed by atoms with van der Waals surface area (Å²) in [5.74, 6) is -0.0645. The summed E-state index contributed by atoms with van der Waals surface area (Å²) in [4.78, 5) is 15.5. The van der Waals surface area contributed by atoms with E-state index in [0.717, 1.165) is 40.4 Å². The van der Waals surface area contributed by atoms with Gasteiger partial charge >= 0.3 is 0 Å². The summed E-state index contributed by atoms with van der Waals surface area (Å²) >= 11 is 3.46. The first-order valence-electron chi connectivity index (χ1n) is 6.83. The maximum atomic E-state index is 12.3. The lowest BCUT2D eigenvalue weighted by Gasteiger charge is -2.10. The number of benzene rings is 1. The van der Waals surface area contributed by atoms with Crippen LogP contribution < -0.4 is 5.32 Å². The summed E-state index contributed by atoms with van der Waals surface area (Å²) in [6.45, 7) is 3.35. The van der Waals surface area contributed by atoms with Crippen molar-refractivity contribution in [3.05, 3.63) is 33.9 Å². The zero-order valence-electron chi connectivity index (χ0n) is 11.3. The van der Waals surface area contributed by atoms with Gasteiger partial charge in [-0.3, -0.25) is 4.79 Å². The number of aromatic nitrogens is 1. The Morgan fingerprint density at radius 2 is 2.40 bits per heavy atom. The van der Waals surface area contributed by atoms with Gasteiger partial charge in [0.25, 0.3) is 5.91 Å². The fraction of sp³-hybridized carbons (Fsp3) is 0.400. The smallest absolute Gasteiger partial charge is 0.268 e. The molecular weight excluding hydrogens is 320 g/mol. The Hall–Kier alpha value is -1.33. The van der Waals surface area contributed by atoms with Crippen molar-refractivity contribution in [1.82, 2.24) is 10.3 Å². The number of H-pyrrole nitrogens is 1. The number of nitrogens with one attached hydrogen (secondary N) is 2. The summed E-state index contributed by atoms with van der Waals surface area (Å²) < 4.78 is 6.53. The van der Waals surface area contributed by atoms with Gasteiger partial charge in [0.15, 0.2) is 0 Å². The second-order valence-corrected chi connectivity index (χ2v) is 6.08. The Morgan fingerprint density at radius 3 is 3.15 bits per heavy atom. The van der Waals surface area contributed by atoms with Crippen molar-refractivity contribution < 1.29 is 9.53 Å². The van der Waals surface area contributed by atoms with Crippen LogP contribution in [-0.4, -0.2) is 30.1 Å². The highest BCUT2D eigenvalue weighted by molar-refractivity contribution is 9.10. The SMILES string of the molecule is Cc1c(C(=O)NCC2CCCO2)[nH]c2ccc(Br)cc12. The van der Waals surface area contributed by atoms with Crippen LogP contribution in [0.5, 0.6) is 0 Å². The van der Waals surface area contributed by atoms with Crippen LogP contribution in [0.3, 0.4) is 0 Å². The van der Waals surface area contributed by atoms with E-state index in [9.17, 15) is 4.79 Å². The lowest BCUT2D eigenvalue weighted by Crippen LogP contribution is -2.32. The molecule has 20 heavy (non-hydrogen) atoms.